The number of thioether (sulfide) groups is 2. The maximum atomic E-state index is 5.67. The van der Waals surface area contributed by atoms with Crippen LogP contribution in [0, 0.1) is 0 Å². The molecule has 0 saturated carbocycles. The molecule has 4 heteroatoms. The molecule has 1 heterocycles. The van der Waals surface area contributed by atoms with Crippen molar-refractivity contribution in [1.29, 1.82) is 0 Å². The van der Waals surface area contributed by atoms with Crippen molar-refractivity contribution >= 4 is 34.9 Å². The lowest BCUT2D eigenvalue weighted by Gasteiger charge is -2.04. The number of benzene rings is 1. The molecule has 0 bridgehead atoms. The smallest absolute Gasteiger partial charge is 0.124 e. The van der Waals surface area contributed by atoms with Crippen LogP contribution in [-0.2, 0) is 0 Å². The first-order valence-electron chi connectivity index (χ1n) is 3.65. The Balaban J connectivity index is 2.30. The van der Waals surface area contributed by atoms with Crippen molar-refractivity contribution in [3.63, 3.8) is 0 Å². The first kappa shape index (κ1) is 8.13. The number of rotatable bonds is 1. The molecule has 64 valence electrons. The molecule has 0 aromatic heterocycles. The number of fused-ring (bicyclic) bond motifs is 1. The normalized spacial score (nSPS) is 20.2. The molecule has 12 heavy (non-hydrogen) atoms. The molecule has 1 aliphatic heterocycles. The second-order valence-corrected chi connectivity index (χ2v) is 4.97. The molecule has 0 aliphatic carbocycles. The molecule has 0 saturated heterocycles. The second-order valence-electron chi connectivity index (χ2n) is 2.59. The summed E-state index contributed by atoms with van der Waals surface area (Å²) in [5, 5.41) is 3.38. The summed E-state index contributed by atoms with van der Waals surface area (Å²) >= 11 is 3.63. The van der Waals surface area contributed by atoms with Gasteiger partial charge in [-0.05, 0) is 24.5 Å². The van der Waals surface area contributed by atoms with Gasteiger partial charge in [0.1, 0.15) is 4.71 Å². The third kappa shape index (κ3) is 1.36. The van der Waals surface area contributed by atoms with Crippen LogP contribution in [0.2, 0.25) is 0 Å². The van der Waals surface area contributed by atoms with Gasteiger partial charge in [-0.25, -0.2) is 0 Å². The third-order valence-corrected chi connectivity index (χ3v) is 4.06. The van der Waals surface area contributed by atoms with Crippen molar-refractivity contribution in [3.05, 3.63) is 18.2 Å². The largest absolute Gasteiger partial charge is 0.399 e. The first-order chi connectivity index (χ1) is 5.79. The molecular formula is C8H10N2S2. The monoisotopic (exact) mass is 198 g/mol. The highest BCUT2D eigenvalue weighted by Crippen LogP contribution is 2.42. The van der Waals surface area contributed by atoms with Crippen LogP contribution < -0.4 is 11.1 Å². The van der Waals surface area contributed by atoms with Gasteiger partial charge in [-0.3, -0.25) is 0 Å². The fourth-order valence-electron chi connectivity index (χ4n) is 1.13. The van der Waals surface area contributed by atoms with Crippen LogP contribution in [0.1, 0.15) is 0 Å². The van der Waals surface area contributed by atoms with E-state index in [1.54, 1.807) is 11.8 Å². The SMILES string of the molecule is CSC1Nc2ccc(N)cc2S1. The summed E-state index contributed by atoms with van der Waals surface area (Å²) in [5.74, 6) is 0. The number of nitrogens with two attached hydrogens (primary N) is 1. The van der Waals surface area contributed by atoms with E-state index in [4.69, 9.17) is 5.73 Å². The van der Waals surface area contributed by atoms with Gasteiger partial charge in [-0.1, -0.05) is 11.8 Å². The standard InChI is InChI=1S/C8H10N2S2/c1-11-8-10-6-3-2-5(9)4-7(6)12-8/h2-4,8,10H,9H2,1H3. The summed E-state index contributed by atoms with van der Waals surface area (Å²) in [4.78, 5) is 1.26. The van der Waals surface area contributed by atoms with Gasteiger partial charge in [0.15, 0.2) is 0 Å². The zero-order valence-electron chi connectivity index (χ0n) is 6.70. The molecule has 1 aromatic rings. The Morgan fingerprint density at radius 1 is 1.58 bits per heavy atom. The van der Waals surface area contributed by atoms with Gasteiger partial charge in [0.25, 0.3) is 0 Å². The Bertz CT molecular complexity index is 301. The predicted octanol–water partition coefficient (Wildman–Crippen LogP) is 2.43. The molecule has 1 aromatic carbocycles. The summed E-state index contributed by atoms with van der Waals surface area (Å²) in [7, 11) is 0. The molecule has 0 spiro atoms. The first-order valence-corrected chi connectivity index (χ1v) is 5.82. The van der Waals surface area contributed by atoms with Crippen LogP contribution in [0.5, 0.6) is 0 Å². The molecule has 1 aliphatic rings. The van der Waals surface area contributed by atoms with E-state index < -0.39 is 0 Å². The highest BCUT2D eigenvalue weighted by atomic mass is 32.2. The van der Waals surface area contributed by atoms with Crippen molar-refractivity contribution in [2.75, 3.05) is 17.3 Å². The van der Waals surface area contributed by atoms with Crippen molar-refractivity contribution in [1.82, 2.24) is 0 Å². The molecule has 1 atom stereocenters. The van der Waals surface area contributed by atoms with E-state index in [9.17, 15) is 0 Å². The van der Waals surface area contributed by atoms with E-state index >= 15 is 0 Å². The fourth-order valence-corrected chi connectivity index (χ4v) is 2.95. The lowest BCUT2D eigenvalue weighted by Crippen LogP contribution is -2.02. The van der Waals surface area contributed by atoms with Crippen molar-refractivity contribution in [3.8, 4) is 0 Å². The van der Waals surface area contributed by atoms with Crippen LogP contribution in [0.4, 0.5) is 11.4 Å². The Kier molecular flexibility index (Phi) is 2.11. The number of anilines is 2. The lowest BCUT2D eigenvalue weighted by molar-refractivity contribution is 1.39. The average molecular weight is 198 g/mol. The minimum atomic E-state index is 0.446. The van der Waals surface area contributed by atoms with Crippen molar-refractivity contribution in [2.24, 2.45) is 0 Å². The molecule has 1 unspecified atom stereocenters. The lowest BCUT2D eigenvalue weighted by atomic mass is 10.3. The minimum Gasteiger partial charge on any atom is -0.399 e. The molecule has 2 nitrogen and oxygen atoms in total. The van der Waals surface area contributed by atoms with Gasteiger partial charge in [-0.2, -0.15) is 0 Å². The van der Waals surface area contributed by atoms with Gasteiger partial charge in [0.05, 0.1) is 0 Å². The van der Waals surface area contributed by atoms with Gasteiger partial charge in [0.2, 0.25) is 0 Å². The molecule has 0 fully saturated rings. The van der Waals surface area contributed by atoms with Gasteiger partial charge in [-0.15, -0.1) is 11.8 Å². The number of hydrogen-bond acceptors (Lipinski definition) is 4. The molecule has 0 radical (unpaired) electrons. The van der Waals surface area contributed by atoms with Crippen LogP contribution >= 0.6 is 23.5 Å². The average Bonchev–Trinajstić information content (AvgIpc) is 2.46. The van der Waals surface area contributed by atoms with E-state index in [1.165, 1.54) is 10.6 Å². The summed E-state index contributed by atoms with van der Waals surface area (Å²) < 4.78 is 0.446. The van der Waals surface area contributed by atoms with Gasteiger partial charge >= 0.3 is 0 Å². The zero-order chi connectivity index (χ0) is 8.55. The minimum absolute atomic E-state index is 0.446. The topological polar surface area (TPSA) is 38.0 Å². The summed E-state index contributed by atoms with van der Waals surface area (Å²) in [5.41, 5.74) is 7.71. The maximum Gasteiger partial charge on any atom is 0.124 e. The van der Waals surface area contributed by atoms with E-state index in [0.29, 0.717) is 4.71 Å². The third-order valence-electron chi connectivity index (χ3n) is 1.73. The van der Waals surface area contributed by atoms with E-state index in [1.807, 2.05) is 30.0 Å². The predicted molar refractivity (Wildman–Crippen MR) is 57.6 cm³/mol. The van der Waals surface area contributed by atoms with Crippen LogP contribution in [0.25, 0.3) is 0 Å². The summed E-state index contributed by atoms with van der Waals surface area (Å²) in [6, 6.07) is 5.98. The highest BCUT2D eigenvalue weighted by Gasteiger charge is 2.19. The van der Waals surface area contributed by atoms with Crippen molar-refractivity contribution in [2.45, 2.75) is 9.60 Å². The Morgan fingerprint density at radius 3 is 3.17 bits per heavy atom. The number of hydrogen-bond donors (Lipinski definition) is 2. The highest BCUT2D eigenvalue weighted by molar-refractivity contribution is 8.17. The van der Waals surface area contributed by atoms with Crippen LogP contribution in [0.15, 0.2) is 23.1 Å². The van der Waals surface area contributed by atoms with E-state index in [2.05, 4.69) is 11.6 Å². The van der Waals surface area contributed by atoms with Gasteiger partial charge < -0.3 is 11.1 Å². The second kappa shape index (κ2) is 3.11. The van der Waals surface area contributed by atoms with Gasteiger partial charge in [0, 0.05) is 16.3 Å². The quantitative estimate of drug-likeness (QED) is 0.680. The molecule has 3 N–H and O–H groups in total. The van der Waals surface area contributed by atoms with Crippen LogP contribution in [-0.4, -0.2) is 11.0 Å². The van der Waals surface area contributed by atoms with E-state index in [-0.39, 0.29) is 0 Å². The van der Waals surface area contributed by atoms with Crippen LogP contribution in [0.3, 0.4) is 0 Å². The Labute approximate surface area is 80.3 Å². The number of nitrogens with one attached hydrogen (secondary N) is 1. The molecule has 2 rings (SSSR count). The fraction of sp³-hybridized carbons (Fsp3) is 0.250. The summed E-state index contributed by atoms with van der Waals surface area (Å²) in [6.07, 6.45) is 2.10. The van der Waals surface area contributed by atoms with E-state index in [0.717, 1.165) is 5.69 Å². The maximum absolute atomic E-state index is 5.67. The molecular weight excluding hydrogens is 188 g/mol. The van der Waals surface area contributed by atoms with Crippen molar-refractivity contribution < 1.29 is 0 Å². The Hall–Kier alpha value is -0.480. The number of nitrogen functional groups attached to an aromatic ring is 1. The Morgan fingerprint density at radius 2 is 2.42 bits per heavy atom. The summed E-state index contributed by atoms with van der Waals surface area (Å²) in [6.45, 7) is 0. The molecule has 0 amide bonds. The zero-order valence-corrected chi connectivity index (χ0v) is 8.34.